The SMILES string of the molecule is CCCC(=O)Nc1c2c(nn1-c1cccc(C)c1C)CS(=O)(=O)C2. The molecule has 3 rings (SSSR count). The summed E-state index contributed by atoms with van der Waals surface area (Å²) in [5, 5.41) is 7.37. The normalized spacial score (nSPS) is 15.3. The zero-order valence-electron chi connectivity index (χ0n) is 14.1. The number of fused-ring (bicyclic) bond motifs is 1. The van der Waals surface area contributed by atoms with Gasteiger partial charge in [-0.2, -0.15) is 5.10 Å². The summed E-state index contributed by atoms with van der Waals surface area (Å²) < 4.78 is 25.5. The van der Waals surface area contributed by atoms with E-state index in [4.69, 9.17) is 0 Å². The first kappa shape index (κ1) is 16.7. The maximum Gasteiger partial charge on any atom is 0.225 e. The predicted octanol–water partition coefficient (Wildman–Crippen LogP) is 2.66. The molecule has 1 aromatic heterocycles. The fraction of sp³-hybridized carbons (Fsp3) is 0.412. The van der Waals surface area contributed by atoms with Gasteiger partial charge < -0.3 is 5.32 Å². The van der Waals surface area contributed by atoms with E-state index in [0.29, 0.717) is 23.5 Å². The van der Waals surface area contributed by atoms with Crippen LogP contribution in [0.3, 0.4) is 0 Å². The van der Waals surface area contributed by atoms with E-state index in [0.717, 1.165) is 23.2 Å². The van der Waals surface area contributed by atoms with Gasteiger partial charge in [0.05, 0.1) is 22.9 Å². The summed E-state index contributed by atoms with van der Waals surface area (Å²) in [6.45, 7) is 5.93. The van der Waals surface area contributed by atoms with Gasteiger partial charge in [0.25, 0.3) is 0 Å². The van der Waals surface area contributed by atoms with Gasteiger partial charge in [0.15, 0.2) is 9.84 Å². The Labute approximate surface area is 141 Å². The lowest BCUT2D eigenvalue weighted by Crippen LogP contribution is -2.16. The Bertz CT molecular complexity index is 913. The molecule has 0 saturated heterocycles. The highest BCUT2D eigenvalue weighted by Crippen LogP contribution is 2.34. The van der Waals surface area contributed by atoms with Crippen LogP contribution < -0.4 is 5.32 Å². The van der Waals surface area contributed by atoms with Crippen LogP contribution in [0, 0.1) is 13.8 Å². The molecule has 0 spiro atoms. The summed E-state index contributed by atoms with van der Waals surface area (Å²) in [4.78, 5) is 12.1. The molecule has 0 bridgehead atoms. The van der Waals surface area contributed by atoms with Gasteiger partial charge in [0, 0.05) is 12.0 Å². The molecule has 1 aliphatic rings. The number of nitrogens with zero attached hydrogens (tertiary/aromatic N) is 2. The number of hydrogen-bond acceptors (Lipinski definition) is 4. The fourth-order valence-electron chi connectivity index (χ4n) is 2.93. The minimum absolute atomic E-state index is 0.0726. The van der Waals surface area contributed by atoms with Gasteiger partial charge in [0.1, 0.15) is 5.82 Å². The van der Waals surface area contributed by atoms with E-state index < -0.39 is 9.84 Å². The van der Waals surface area contributed by atoms with Gasteiger partial charge in [-0.15, -0.1) is 0 Å². The molecule has 0 atom stereocenters. The molecule has 2 heterocycles. The van der Waals surface area contributed by atoms with Crippen molar-refractivity contribution in [3.8, 4) is 5.69 Å². The number of carbonyl (C=O) groups is 1. The van der Waals surface area contributed by atoms with Crippen molar-refractivity contribution in [1.82, 2.24) is 9.78 Å². The molecule has 1 aliphatic heterocycles. The van der Waals surface area contributed by atoms with Crippen molar-refractivity contribution in [3.63, 3.8) is 0 Å². The van der Waals surface area contributed by atoms with Crippen LogP contribution in [0.2, 0.25) is 0 Å². The molecule has 0 unspecified atom stereocenters. The van der Waals surface area contributed by atoms with Gasteiger partial charge in [0.2, 0.25) is 5.91 Å². The molecule has 0 fully saturated rings. The second-order valence-corrected chi connectivity index (χ2v) is 8.30. The molecule has 7 heteroatoms. The first-order chi connectivity index (χ1) is 11.3. The minimum Gasteiger partial charge on any atom is -0.310 e. The third-order valence-electron chi connectivity index (χ3n) is 4.33. The number of carbonyl (C=O) groups excluding carboxylic acids is 1. The topological polar surface area (TPSA) is 81.1 Å². The zero-order chi connectivity index (χ0) is 17.5. The second kappa shape index (κ2) is 6.05. The number of aryl methyl sites for hydroxylation is 1. The van der Waals surface area contributed by atoms with Crippen molar-refractivity contribution < 1.29 is 13.2 Å². The fourth-order valence-corrected chi connectivity index (χ4v) is 4.43. The molecule has 6 nitrogen and oxygen atoms in total. The first-order valence-electron chi connectivity index (χ1n) is 8.00. The van der Waals surface area contributed by atoms with Crippen molar-refractivity contribution in [2.24, 2.45) is 0 Å². The van der Waals surface area contributed by atoms with Crippen molar-refractivity contribution in [2.45, 2.75) is 45.1 Å². The number of anilines is 1. The highest BCUT2D eigenvalue weighted by atomic mass is 32.2. The Morgan fingerprint density at radius 3 is 2.75 bits per heavy atom. The number of rotatable bonds is 4. The van der Waals surface area contributed by atoms with E-state index in [1.165, 1.54) is 0 Å². The summed E-state index contributed by atoms with van der Waals surface area (Å²) >= 11 is 0. The number of nitrogens with one attached hydrogen (secondary N) is 1. The van der Waals surface area contributed by atoms with E-state index in [9.17, 15) is 13.2 Å². The molecule has 0 saturated carbocycles. The molecule has 1 N–H and O–H groups in total. The number of hydrogen-bond donors (Lipinski definition) is 1. The first-order valence-corrected chi connectivity index (χ1v) is 9.82. The van der Waals surface area contributed by atoms with Crippen LogP contribution in [-0.4, -0.2) is 24.1 Å². The van der Waals surface area contributed by atoms with Gasteiger partial charge >= 0.3 is 0 Å². The standard InChI is InChI=1S/C17H21N3O3S/c1-4-6-16(21)18-17-13-9-24(22,23)10-14(13)19-20(17)15-8-5-7-11(2)12(15)3/h5,7-8H,4,6,9-10H2,1-3H3,(H,18,21). The lowest BCUT2D eigenvalue weighted by Gasteiger charge is -2.14. The molecule has 1 amide bonds. The lowest BCUT2D eigenvalue weighted by atomic mass is 10.1. The minimum atomic E-state index is -3.18. The average Bonchev–Trinajstić information content (AvgIpc) is 2.96. The quantitative estimate of drug-likeness (QED) is 0.922. The molecule has 0 aliphatic carbocycles. The Kier molecular flexibility index (Phi) is 4.21. The summed E-state index contributed by atoms with van der Waals surface area (Å²) in [6, 6.07) is 5.86. The van der Waals surface area contributed by atoms with E-state index in [2.05, 4.69) is 10.4 Å². The maximum atomic E-state index is 12.1. The Morgan fingerprint density at radius 1 is 1.29 bits per heavy atom. The third-order valence-corrected chi connectivity index (χ3v) is 5.77. The third kappa shape index (κ3) is 2.96. The molecular formula is C17H21N3O3S. The monoisotopic (exact) mass is 347 g/mol. The number of aromatic nitrogens is 2. The number of benzene rings is 1. The van der Waals surface area contributed by atoms with Crippen LogP contribution >= 0.6 is 0 Å². The smallest absolute Gasteiger partial charge is 0.225 e. The lowest BCUT2D eigenvalue weighted by molar-refractivity contribution is -0.116. The molecule has 128 valence electrons. The van der Waals surface area contributed by atoms with Crippen molar-refractivity contribution in [1.29, 1.82) is 0 Å². The van der Waals surface area contributed by atoms with E-state index in [1.807, 2.05) is 39.0 Å². The van der Waals surface area contributed by atoms with Crippen molar-refractivity contribution in [3.05, 3.63) is 40.6 Å². The molecule has 1 aromatic carbocycles. The van der Waals surface area contributed by atoms with Crippen LogP contribution in [0.15, 0.2) is 18.2 Å². The molecule has 24 heavy (non-hydrogen) atoms. The Hall–Kier alpha value is -2.15. The van der Waals surface area contributed by atoms with E-state index >= 15 is 0 Å². The predicted molar refractivity (Wildman–Crippen MR) is 92.9 cm³/mol. The van der Waals surface area contributed by atoms with Gasteiger partial charge in [-0.05, 0) is 37.5 Å². The molecular weight excluding hydrogens is 326 g/mol. The Balaban J connectivity index is 2.13. The maximum absolute atomic E-state index is 12.1. The number of sulfone groups is 1. The highest BCUT2D eigenvalue weighted by Gasteiger charge is 2.33. The van der Waals surface area contributed by atoms with E-state index in [1.54, 1.807) is 4.68 Å². The van der Waals surface area contributed by atoms with Crippen LogP contribution in [0.1, 0.15) is 42.1 Å². The van der Waals surface area contributed by atoms with Crippen molar-refractivity contribution in [2.75, 3.05) is 5.32 Å². The van der Waals surface area contributed by atoms with Crippen molar-refractivity contribution >= 4 is 21.6 Å². The molecule has 0 radical (unpaired) electrons. The van der Waals surface area contributed by atoms with Crippen LogP contribution in [-0.2, 0) is 26.1 Å². The second-order valence-electron chi connectivity index (χ2n) is 6.24. The highest BCUT2D eigenvalue weighted by molar-refractivity contribution is 7.90. The van der Waals surface area contributed by atoms with Crippen LogP contribution in [0.5, 0.6) is 0 Å². The summed E-state index contributed by atoms with van der Waals surface area (Å²) in [5.74, 6) is 0.209. The number of amides is 1. The van der Waals surface area contributed by atoms with Gasteiger partial charge in [-0.25, -0.2) is 13.1 Å². The largest absolute Gasteiger partial charge is 0.310 e. The van der Waals surface area contributed by atoms with Gasteiger partial charge in [-0.3, -0.25) is 4.79 Å². The average molecular weight is 347 g/mol. The summed E-state index contributed by atoms with van der Waals surface area (Å²) in [7, 11) is -3.18. The zero-order valence-corrected chi connectivity index (χ0v) is 14.9. The summed E-state index contributed by atoms with van der Waals surface area (Å²) in [5.41, 5.74) is 4.16. The summed E-state index contributed by atoms with van der Waals surface area (Å²) in [6.07, 6.45) is 1.11. The molecule has 2 aromatic rings. The van der Waals surface area contributed by atoms with Crippen LogP contribution in [0.4, 0.5) is 5.82 Å². The van der Waals surface area contributed by atoms with Crippen LogP contribution in [0.25, 0.3) is 5.69 Å². The Morgan fingerprint density at radius 2 is 2.04 bits per heavy atom. The van der Waals surface area contributed by atoms with E-state index in [-0.39, 0.29) is 17.4 Å². The van der Waals surface area contributed by atoms with Gasteiger partial charge in [-0.1, -0.05) is 19.1 Å².